The van der Waals surface area contributed by atoms with Crippen LogP contribution in [0.3, 0.4) is 0 Å². The van der Waals surface area contributed by atoms with Gasteiger partial charge in [0.05, 0.1) is 22.3 Å². The molecular formula is C19H13ClN6. The molecule has 0 unspecified atom stereocenters. The first-order valence-corrected chi connectivity index (χ1v) is 8.49. The second-order valence-corrected chi connectivity index (χ2v) is 6.46. The maximum atomic E-state index is 6.28. The number of aromatic nitrogens is 6. The van der Waals surface area contributed by atoms with Crippen LogP contribution in [0, 0.1) is 6.92 Å². The van der Waals surface area contributed by atoms with Crippen molar-refractivity contribution in [2.45, 2.75) is 6.92 Å². The largest absolute Gasteiger partial charge is 0.216 e. The number of rotatable bonds is 2. The fourth-order valence-electron chi connectivity index (χ4n) is 2.95. The standard InChI is InChI=1S/C19H13ClN6/c1-12-6-8-13(9-7-12)26-18-15(10-22-26)19-23-17(24-25(19)11-21-18)14-4-2-3-5-16(14)20/h2-11H,1H3. The number of hydrogen-bond donors (Lipinski definition) is 0. The Bertz CT molecular complexity index is 1250. The van der Waals surface area contributed by atoms with Crippen LogP contribution in [0.1, 0.15) is 5.56 Å². The van der Waals surface area contributed by atoms with Crippen LogP contribution in [0.4, 0.5) is 0 Å². The molecular weight excluding hydrogens is 348 g/mol. The summed E-state index contributed by atoms with van der Waals surface area (Å²) in [6.07, 6.45) is 3.42. The van der Waals surface area contributed by atoms with Crippen molar-refractivity contribution >= 4 is 28.3 Å². The molecule has 126 valence electrons. The molecule has 3 heterocycles. The lowest BCUT2D eigenvalue weighted by Gasteiger charge is -2.03. The molecule has 0 radical (unpaired) electrons. The van der Waals surface area contributed by atoms with Crippen molar-refractivity contribution in [1.29, 1.82) is 0 Å². The van der Waals surface area contributed by atoms with E-state index < -0.39 is 0 Å². The molecule has 0 fully saturated rings. The zero-order valence-corrected chi connectivity index (χ0v) is 14.6. The minimum Gasteiger partial charge on any atom is -0.216 e. The van der Waals surface area contributed by atoms with Crippen molar-refractivity contribution in [3.63, 3.8) is 0 Å². The highest BCUT2D eigenvalue weighted by Crippen LogP contribution is 2.27. The highest BCUT2D eigenvalue weighted by molar-refractivity contribution is 6.33. The Morgan fingerprint density at radius 2 is 1.77 bits per heavy atom. The van der Waals surface area contributed by atoms with Crippen LogP contribution in [-0.4, -0.2) is 29.4 Å². The van der Waals surface area contributed by atoms with Crippen molar-refractivity contribution < 1.29 is 0 Å². The lowest BCUT2D eigenvalue weighted by Crippen LogP contribution is -1.98. The molecule has 0 N–H and O–H groups in total. The van der Waals surface area contributed by atoms with Crippen molar-refractivity contribution in [3.05, 3.63) is 71.6 Å². The number of aryl methyl sites for hydroxylation is 1. The van der Waals surface area contributed by atoms with Gasteiger partial charge in [-0.3, -0.25) is 0 Å². The van der Waals surface area contributed by atoms with Crippen LogP contribution in [0.5, 0.6) is 0 Å². The van der Waals surface area contributed by atoms with Crippen LogP contribution in [-0.2, 0) is 0 Å². The van der Waals surface area contributed by atoms with E-state index in [9.17, 15) is 0 Å². The number of nitrogens with zero attached hydrogens (tertiary/aromatic N) is 6. The number of benzene rings is 2. The molecule has 26 heavy (non-hydrogen) atoms. The van der Waals surface area contributed by atoms with E-state index in [2.05, 4.69) is 27.1 Å². The van der Waals surface area contributed by atoms with E-state index in [4.69, 9.17) is 11.6 Å². The Morgan fingerprint density at radius 1 is 0.962 bits per heavy atom. The summed E-state index contributed by atoms with van der Waals surface area (Å²) in [5.41, 5.74) is 4.37. The monoisotopic (exact) mass is 360 g/mol. The summed E-state index contributed by atoms with van der Waals surface area (Å²) in [4.78, 5) is 9.19. The van der Waals surface area contributed by atoms with Crippen LogP contribution in [0.15, 0.2) is 61.1 Å². The summed E-state index contributed by atoms with van der Waals surface area (Å²) in [6, 6.07) is 15.7. The molecule has 0 aliphatic carbocycles. The number of fused-ring (bicyclic) bond motifs is 3. The smallest absolute Gasteiger partial charge is 0.183 e. The first kappa shape index (κ1) is 15.0. The lowest BCUT2D eigenvalue weighted by atomic mass is 10.2. The number of hydrogen-bond acceptors (Lipinski definition) is 4. The summed E-state index contributed by atoms with van der Waals surface area (Å²) < 4.78 is 3.46. The van der Waals surface area contributed by atoms with Gasteiger partial charge in [0.25, 0.3) is 0 Å². The van der Waals surface area contributed by atoms with E-state index in [-0.39, 0.29) is 0 Å². The van der Waals surface area contributed by atoms with E-state index in [1.54, 1.807) is 21.7 Å². The van der Waals surface area contributed by atoms with E-state index in [1.165, 1.54) is 5.56 Å². The normalized spacial score (nSPS) is 11.5. The van der Waals surface area contributed by atoms with Crippen LogP contribution < -0.4 is 0 Å². The Morgan fingerprint density at radius 3 is 2.58 bits per heavy atom. The minimum atomic E-state index is 0.563. The molecule has 5 rings (SSSR count). The molecule has 0 spiro atoms. The van der Waals surface area contributed by atoms with Gasteiger partial charge in [0.2, 0.25) is 0 Å². The van der Waals surface area contributed by atoms with Gasteiger partial charge in [-0.05, 0) is 31.2 Å². The van der Waals surface area contributed by atoms with Gasteiger partial charge < -0.3 is 0 Å². The van der Waals surface area contributed by atoms with Crippen molar-refractivity contribution in [1.82, 2.24) is 29.4 Å². The number of halogens is 1. The summed E-state index contributed by atoms with van der Waals surface area (Å²) in [7, 11) is 0. The van der Waals surface area contributed by atoms with Crippen molar-refractivity contribution in [2.24, 2.45) is 0 Å². The van der Waals surface area contributed by atoms with E-state index >= 15 is 0 Å². The van der Waals surface area contributed by atoms with Gasteiger partial charge in [-0.15, -0.1) is 5.10 Å². The minimum absolute atomic E-state index is 0.563. The molecule has 0 bridgehead atoms. The van der Waals surface area contributed by atoms with Gasteiger partial charge in [0, 0.05) is 5.56 Å². The maximum absolute atomic E-state index is 6.28. The second-order valence-electron chi connectivity index (χ2n) is 6.06. The predicted molar refractivity (Wildman–Crippen MR) is 101 cm³/mol. The molecule has 0 amide bonds. The SMILES string of the molecule is Cc1ccc(-n2ncc3c2ncn2nc(-c4ccccc4Cl)nc32)cc1. The molecule has 7 heteroatoms. The van der Waals surface area contributed by atoms with Gasteiger partial charge in [0.15, 0.2) is 17.1 Å². The third kappa shape index (κ3) is 2.27. The third-order valence-corrected chi connectivity index (χ3v) is 4.63. The quantitative estimate of drug-likeness (QED) is 0.475. The molecule has 5 aromatic rings. The zero-order chi connectivity index (χ0) is 17.7. The van der Waals surface area contributed by atoms with E-state index in [1.807, 2.05) is 48.5 Å². The average Bonchev–Trinajstić information content (AvgIpc) is 3.26. The van der Waals surface area contributed by atoms with Crippen molar-refractivity contribution in [3.8, 4) is 17.1 Å². The lowest BCUT2D eigenvalue weighted by molar-refractivity contribution is 0.882. The highest BCUT2D eigenvalue weighted by atomic mass is 35.5. The molecule has 3 aromatic heterocycles. The maximum Gasteiger partial charge on any atom is 0.183 e. The Kier molecular flexibility index (Phi) is 3.26. The van der Waals surface area contributed by atoms with Gasteiger partial charge in [-0.2, -0.15) is 5.10 Å². The van der Waals surface area contributed by atoms with Gasteiger partial charge in [-0.1, -0.05) is 41.4 Å². The molecule has 6 nitrogen and oxygen atoms in total. The predicted octanol–water partition coefficient (Wildman–Crippen LogP) is 4.09. The summed E-state index contributed by atoms with van der Waals surface area (Å²) in [5.74, 6) is 0.563. The molecule has 0 saturated heterocycles. The van der Waals surface area contributed by atoms with Gasteiger partial charge >= 0.3 is 0 Å². The highest BCUT2D eigenvalue weighted by Gasteiger charge is 2.15. The molecule has 0 atom stereocenters. The zero-order valence-electron chi connectivity index (χ0n) is 13.8. The Hall–Kier alpha value is -3.25. The summed E-state index contributed by atoms with van der Waals surface area (Å²) in [6.45, 7) is 2.05. The van der Waals surface area contributed by atoms with Crippen molar-refractivity contribution in [2.75, 3.05) is 0 Å². The molecule has 0 saturated carbocycles. The fourth-order valence-corrected chi connectivity index (χ4v) is 3.17. The Labute approximate surface area is 153 Å². The van der Waals surface area contributed by atoms with Crippen LogP contribution >= 0.6 is 11.6 Å². The second kappa shape index (κ2) is 5.64. The molecule has 0 aliphatic rings. The molecule has 2 aromatic carbocycles. The molecule has 0 aliphatic heterocycles. The van der Waals surface area contributed by atoms with E-state index in [0.29, 0.717) is 16.5 Å². The topological polar surface area (TPSA) is 60.9 Å². The van der Waals surface area contributed by atoms with Crippen LogP contribution in [0.25, 0.3) is 33.8 Å². The Balaban J connectivity index is 1.71. The van der Waals surface area contributed by atoms with E-state index in [0.717, 1.165) is 22.3 Å². The summed E-state index contributed by atoms with van der Waals surface area (Å²) >= 11 is 6.28. The first-order valence-electron chi connectivity index (χ1n) is 8.12. The van der Waals surface area contributed by atoms with Gasteiger partial charge in [-0.25, -0.2) is 19.2 Å². The van der Waals surface area contributed by atoms with Gasteiger partial charge in [0.1, 0.15) is 6.33 Å². The first-order chi connectivity index (χ1) is 12.7. The van der Waals surface area contributed by atoms with Crippen LogP contribution in [0.2, 0.25) is 5.02 Å². The third-order valence-electron chi connectivity index (χ3n) is 4.30. The fraction of sp³-hybridized carbons (Fsp3) is 0.0526. The average molecular weight is 361 g/mol. The summed E-state index contributed by atoms with van der Waals surface area (Å²) in [5, 5.41) is 10.4.